The van der Waals surface area contributed by atoms with Crippen LogP contribution >= 0.6 is 0 Å². The molecule has 1 aliphatic heterocycles. The predicted molar refractivity (Wildman–Crippen MR) is 62.3 cm³/mol. The zero-order valence-corrected chi connectivity index (χ0v) is 9.96. The maximum atomic E-state index is 5.99. The molecule has 0 spiro atoms. The first-order chi connectivity index (χ1) is 7.44. The van der Waals surface area contributed by atoms with E-state index in [1.807, 2.05) is 26.8 Å². The van der Waals surface area contributed by atoms with Gasteiger partial charge in [-0.1, -0.05) is 0 Å². The third kappa shape index (κ3) is 1.74. The number of nitrogens with two attached hydrogens (primary N) is 2. The minimum atomic E-state index is -0.572. The highest BCUT2D eigenvalue weighted by atomic mass is 16.6. The summed E-state index contributed by atoms with van der Waals surface area (Å²) in [6.07, 6.45) is 1.69. The minimum absolute atomic E-state index is 0.572. The molecule has 1 heterocycles. The molecule has 1 unspecified atom stereocenters. The van der Waals surface area contributed by atoms with E-state index in [0.29, 0.717) is 0 Å². The summed E-state index contributed by atoms with van der Waals surface area (Å²) >= 11 is 0. The van der Waals surface area contributed by atoms with Crippen LogP contribution in [-0.4, -0.2) is 5.72 Å². The van der Waals surface area contributed by atoms with Gasteiger partial charge in [0.15, 0.2) is 11.5 Å². The topological polar surface area (TPSA) is 70.5 Å². The lowest BCUT2D eigenvalue weighted by Crippen LogP contribution is -2.45. The third-order valence-electron chi connectivity index (χ3n) is 3.13. The fraction of sp³-hybridized carbons (Fsp3) is 0.500. The van der Waals surface area contributed by atoms with Gasteiger partial charge in [-0.05, 0) is 38.8 Å². The number of hydrogen-bond acceptors (Lipinski definition) is 4. The van der Waals surface area contributed by atoms with Crippen molar-refractivity contribution in [1.29, 1.82) is 0 Å². The fourth-order valence-electron chi connectivity index (χ4n) is 2.23. The Morgan fingerprint density at radius 2 is 2.12 bits per heavy atom. The number of rotatable bonds is 1. The first-order valence-electron chi connectivity index (χ1n) is 5.42. The van der Waals surface area contributed by atoms with Gasteiger partial charge in [0.2, 0.25) is 0 Å². The van der Waals surface area contributed by atoms with Crippen molar-refractivity contribution >= 4 is 0 Å². The predicted octanol–water partition coefficient (Wildman–Crippen LogP) is 1.56. The van der Waals surface area contributed by atoms with Crippen molar-refractivity contribution in [3.63, 3.8) is 0 Å². The maximum absolute atomic E-state index is 5.99. The quantitative estimate of drug-likeness (QED) is 0.707. The van der Waals surface area contributed by atoms with Gasteiger partial charge in [-0.2, -0.15) is 5.90 Å². The van der Waals surface area contributed by atoms with Crippen LogP contribution in [0.25, 0.3) is 0 Å². The molecule has 0 saturated carbocycles. The smallest absolute Gasteiger partial charge is 0.156 e. The summed E-state index contributed by atoms with van der Waals surface area (Å²) in [6.45, 7) is 5.84. The van der Waals surface area contributed by atoms with E-state index in [-0.39, 0.29) is 0 Å². The molecule has 0 aliphatic carbocycles. The summed E-state index contributed by atoms with van der Waals surface area (Å²) in [6, 6.07) is 1.94. The first kappa shape index (κ1) is 11.2. The fourth-order valence-corrected chi connectivity index (χ4v) is 2.23. The molecule has 2 rings (SSSR count). The lowest BCUT2D eigenvalue weighted by molar-refractivity contribution is 0.0714. The largest absolute Gasteiger partial charge is 0.473 e. The van der Waals surface area contributed by atoms with E-state index in [9.17, 15) is 0 Å². The number of fused-ring (bicyclic) bond motifs is 1. The molecule has 4 N–H and O–H groups in total. The van der Waals surface area contributed by atoms with Crippen molar-refractivity contribution in [1.82, 2.24) is 0 Å². The molecule has 1 aliphatic rings. The Balaban J connectivity index is 2.53. The van der Waals surface area contributed by atoms with Crippen LogP contribution in [0.4, 0.5) is 0 Å². The summed E-state index contributed by atoms with van der Waals surface area (Å²) < 4.78 is 5.76. The highest BCUT2D eigenvalue weighted by Crippen LogP contribution is 2.38. The average Bonchev–Trinajstić information content (AvgIpc) is 2.16. The second-order valence-corrected chi connectivity index (χ2v) is 4.66. The van der Waals surface area contributed by atoms with Crippen LogP contribution in [0, 0.1) is 13.8 Å². The molecule has 1 aromatic carbocycles. The van der Waals surface area contributed by atoms with Gasteiger partial charge in [-0.15, -0.1) is 0 Å². The highest BCUT2D eigenvalue weighted by Gasteiger charge is 2.29. The monoisotopic (exact) mass is 222 g/mol. The van der Waals surface area contributed by atoms with Crippen LogP contribution in [0.1, 0.15) is 30.0 Å². The Bertz CT molecular complexity index is 428. The number of ether oxygens (including phenoxy) is 1. The van der Waals surface area contributed by atoms with Crippen molar-refractivity contribution in [2.75, 3.05) is 0 Å². The minimum Gasteiger partial charge on any atom is -0.473 e. The van der Waals surface area contributed by atoms with Crippen molar-refractivity contribution in [3.05, 3.63) is 22.8 Å². The Hall–Kier alpha value is -1.26. The van der Waals surface area contributed by atoms with E-state index in [2.05, 4.69) is 0 Å². The lowest BCUT2D eigenvalue weighted by Gasteiger charge is -2.33. The van der Waals surface area contributed by atoms with Crippen molar-refractivity contribution < 1.29 is 9.57 Å². The van der Waals surface area contributed by atoms with Crippen molar-refractivity contribution in [3.8, 4) is 11.5 Å². The van der Waals surface area contributed by atoms with Crippen LogP contribution in [0.2, 0.25) is 0 Å². The first-order valence-corrected chi connectivity index (χ1v) is 5.42. The van der Waals surface area contributed by atoms with Crippen LogP contribution in [-0.2, 0) is 6.42 Å². The van der Waals surface area contributed by atoms with Crippen molar-refractivity contribution in [2.45, 2.75) is 39.3 Å². The molecule has 0 radical (unpaired) electrons. The standard InChI is InChI=1S/C12H18N2O2/c1-7-6-10-9(8(2)11(7)16-14)4-5-12(3,13)15-10/h6H,4-5,13-14H2,1-3H3. The maximum Gasteiger partial charge on any atom is 0.156 e. The molecule has 88 valence electrons. The van der Waals surface area contributed by atoms with E-state index >= 15 is 0 Å². The lowest BCUT2D eigenvalue weighted by atomic mass is 9.93. The van der Waals surface area contributed by atoms with Gasteiger partial charge < -0.3 is 9.57 Å². The molecule has 4 nitrogen and oxygen atoms in total. The number of hydrogen-bond donors (Lipinski definition) is 2. The summed E-state index contributed by atoms with van der Waals surface area (Å²) in [5.41, 5.74) is 8.58. The molecule has 0 bridgehead atoms. The number of benzene rings is 1. The SMILES string of the molecule is Cc1cc2c(c(C)c1ON)CCC(C)(N)O2. The number of aryl methyl sites for hydroxylation is 1. The van der Waals surface area contributed by atoms with E-state index < -0.39 is 5.72 Å². The van der Waals surface area contributed by atoms with E-state index in [1.54, 1.807) is 0 Å². The van der Waals surface area contributed by atoms with E-state index in [4.69, 9.17) is 21.2 Å². The van der Waals surface area contributed by atoms with Gasteiger partial charge in [0.1, 0.15) is 5.75 Å². The molecule has 1 atom stereocenters. The van der Waals surface area contributed by atoms with Gasteiger partial charge in [-0.25, -0.2) is 0 Å². The second kappa shape index (κ2) is 3.64. The Morgan fingerprint density at radius 3 is 2.75 bits per heavy atom. The Labute approximate surface area is 95.5 Å². The third-order valence-corrected chi connectivity index (χ3v) is 3.13. The normalized spacial score (nSPS) is 23.6. The molecular weight excluding hydrogens is 204 g/mol. The van der Waals surface area contributed by atoms with Gasteiger partial charge in [0.05, 0.1) is 0 Å². The molecule has 0 amide bonds. The van der Waals surface area contributed by atoms with Gasteiger partial charge in [0.25, 0.3) is 0 Å². The summed E-state index contributed by atoms with van der Waals surface area (Å²) in [5.74, 6) is 6.87. The molecule has 0 fully saturated rings. The zero-order valence-electron chi connectivity index (χ0n) is 9.96. The van der Waals surface area contributed by atoms with Crippen molar-refractivity contribution in [2.24, 2.45) is 11.6 Å². The summed E-state index contributed by atoms with van der Waals surface area (Å²) in [5, 5.41) is 0. The molecular formula is C12H18N2O2. The van der Waals surface area contributed by atoms with Gasteiger partial charge >= 0.3 is 0 Å². The molecule has 4 heteroatoms. The highest BCUT2D eigenvalue weighted by molar-refractivity contribution is 5.53. The molecule has 0 aromatic heterocycles. The molecule has 1 aromatic rings. The summed E-state index contributed by atoms with van der Waals surface area (Å²) in [4.78, 5) is 4.91. The van der Waals surface area contributed by atoms with E-state index in [1.165, 1.54) is 0 Å². The van der Waals surface area contributed by atoms with Crippen LogP contribution in [0.5, 0.6) is 11.5 Å². The zero-order chi connectivity index (χ0) is 11.9. The molecule has 0 saturated heterocycles. The van der Waals surface area contributed by atoms with Crippen LogP contribution in [0.3, 0.4) is 0 Å². The van der Waals surface area contributed by atoms with Crippen LogP contribution < -0.4 is 21.2 Å². The average molecular weight is 222 g/mol. The summed E-state index contributed by atoms with van der Waals surface area (Å²) in [7, 11) is 0. The Morgan fingerprint density at radius 1 is 1.44 bits per heavy atom. The Kier molecular flexibility index (Phi) is 2.56. The van der Waals surface area contributed by atoms with Crippen LogP contribution in [0.15, 0.2) is 6.07 Å². The van der Waals surface area contributed by atoms with E-state index in [0.717, 1.165) is 41.0 Å². The van der Waals surface area contributed by atoms with Gasteiger partial charge in [0, 0.05) is 17.5 Å². The molecule has 16 heavy (non-hydrogen) atoms. The second-order valence-electron chi connectivity index (χ2n) is 4.66. The van der Waals surface area contributed by atoms with Gasteiger partial charge in [-0.3, -0.25) is 5.73 Å².